The van der Waals surface area contributed by atoms with Crippen LogP contribution in [0.3, 0.4) is 0 Å². The van der Waals surface area contributed by atoms with E-state index < -0.39 is 10.0 Å². The first-order valence-electron chi connectivity index (χ1n) is 6.40. The number of rotatable bonds is 2. The molecule has 5 nitrogen and oxygen atoms in total. The Bertz CT molecular complexity index is 793. The van der Waals surface area contributed by atoms with E-state index >= 15 is 0 Å². The molecule has 1 aromatic heterocycles. The molecule has 0 radical (unpaired) electrons. The van der Waals surface area contributed by atoms with Crippen molar-refractivity contribution >= 4 is 21.6 Å². The number of benzene rings is 1. The van der Waals surface area contributed by atoms with Crippen LogP contribution in [0, 0.1) is 0 Å². The summed E-state index contributed by atoms with van der Waals surface area (Å²) < 4.78 is 26.6. The van der Waals surface area contributed by atoms with Crippen molar-refractivity contribution in [1.29, 1.82) is 0 Å². The van der Waals surface area contributed by atoms with Gasteiger partial charge in [0, 0.05) is 19.3 Å². The van der Waals surface area contributed by atoms with E-state index in [-0.39, 0.29) is 22.3 Å². The van der Waals surface area contributed by atoms with Crippen molar-refractivity contribution in [3.05, 3.63) is 52.8 Å². The van der Waals surface area contributed by atoms with Crippen molar-refractivity contribution in [1.82, 2.24) is 9.29 Å². The summed E-state index contributed by atoms with van der Waals surface area (Å²) in [5, 5.41) is 9.51. The summed E-state index contributed by atoms with van der Waals surface area (Å²) in [6.45, 7) is 0.600. The highest BCUT2D eigenvalue weighted by molar-refractivity contribution is 7.89. The van der Waals surface area contributed by atoms with Crippen LogP contribution in [0.5, 0.6) is 5.75 Å². The number of fused-ring (bicyclic) bond motifs is 1. The minimum atomic E-state index is -3.69. The predicted molar refractivity (Wildman–Crippen MR) is 78.7 cm³/mol. The quantitative estimate of drug-likeness (QED) is 0.860. The van der Waals surface area contributed by atoms with Crippen LogP contribution in [-0.4, -0.2) is 29.4 Å². The highest BCUT2D eigenvalue weighted by Gasteiger charge is 2.30. The smallest absolute Gasteiger partial charge is 0.246 e. The van der Waals surface area contributed by atoms with E-state index in [0.29, 0.717) is 13.0 Å². The van der Waals surface area contributed by atoms with E-state index in [9.17, 15) is 13.5 Å². The van der Waals surface area contributed by atoms with Crippen LogP contribution in [0.15, 0.2) is 41.4 Å². The highest BCUT2D eigenvalue weighted by atomic mass is 35.5. The van der Waals surface area contributed by atoms with Crippen LogP contribution in [0.2, 0.25) is 5.15 Å². The summed E-state index contributed by atoms with van der Waals surface area (Å²) in [5.74, 6) is 0.132. The van der Waals surface area contributed by atoms with E-state index in [4.69, 9.17) is 11.6 Å². The Morgan fingerprint density at radius 2 is 2.05 bits per heavy atom. The number of halogens is 1. The molecule has 0 unspecified atom stereocenters. The fourth-order valence-corrected chi connectivity index (χ4v) is 4.27. The largest absolute Gasteiger partial charge is 0.508 e. The first-order valence-corrected chi connectivity index (χ1v) is 8.22. The maximum Gasteiger partial charge on any atom is 0.246 e. The van der Waals surface area contributed by atoms with Crippen molar-refractivity contribution in [2.75, 3.05) is 6.54 Å². The zero-order chi connectivity index (χ0) is 15.0. The van der Waals surface area contributed by atoms with Crippen LogP contribution >= 0.6 is 11.6 Å². The maximum absolute atomic E-state index is 12.6. The molecule has 110 valence electrons. The van der Waals surface area contributed by atoms with Gasteiger partial charge >= 0.3 is 0 Å². The van der Waals surface area contributed by atoms with Gasteiger partial charge in [0.2, 0.25) is 10.0 Å². The zero-order valence-corrected chi connectivity index (χ0v) is 12.6. The lowest BCUT2D eigenvalue weighted by molar-refractivity contribution is 0.388. The first-order chi connectivity index (χ1) is 9.98. The number of phenols is 1. The number of pyridine rings is 1. The zero-order valence-electron chi connectivity index (χ0n) is 11.0. The van der Waals surface area contributed by atoms with E-state index in [1.165, 1.54) is 16.6 Å². The lowest BCUT2D eigenvalue weighted by Gasteiger charge is -2.28. The van der Waals surface area contributed by atoms with Crippen molar-refractivity contribution < 1.29 is 13.5 Å². The van der Waals surface area contributed by atoms with Crippen LogP contribution in [0.1, 0.15) is 11.1 Å². The van der Waals surface area contributed by atoms with Gasteiger partial charge < -0.3 is 5.11 Å². The number of phenolic OH excluding ortho intramolecular Hbond substituents is 1. The minimum Gasteiger partial charge on any atom is -0.508 e. The Hall–Kier alpha value is -1.63. The van der Waals surface area contributed by atoms with Crippen molar-refractivity contribution in [3.63, 3.8) is 0 Å². The average molecular weight is 325 g/mol. The third kappa shape index (κ3) is 2.62. The second-order valence-electron chi connectivity index (χ2n) is 4.83. The van der Waals surface area contributed by atoms with Gasteiger partial charge in [-0.15, -0.1) is 0 Å². The molecule has 0 spiro atoms. The summed E-state index contributed by atoms with van der Waals surface area (Å²) in [7, 11) is -3.69. The number of aromatic nitrogens is 1. The Morgan fingerprint density at radius 1 is 1.24 bits per heavy atom. The molecule has 2 aromatic rings. The van der Waals surface area contributed by atoms with Gasteiger partial charge in [-0.3, -0.25) is 0 Å². The summed E-state index contributed by atoms with van der Waals surface area (Å²) in [5.41, 5.74) is 1.86. The monoisotopic (exact) mass is 324 g/mol. The molecular weight excluding hydrogens is 312 g/mol. The molecule has 0 bridgehead atoms. The molecule has 0 saturated carbocycles. The first kappa shape index (κ1) is 14.3. The maximum atomic E-state index is 12.6. The molecule has 0 amide bonds. The standard InChI is InChI=1S/C14H13ClN2O3S/c15-14-13(2-1-6-16-14)21(19,20)17-7-5-10-3-4-12(18)8-11(10)9-17/h1-4,6,8,18H,5,7,9H2. The van der Waals surface area contributed by atoms with Gasteiger partial charge in [0.1, 0.15) is 15.8 Å². The number of nitrogens with zero attached hydrogens (tertiary/aromatic N) is 2. The van der Waals surface area contributed by atoms with Gasteiger partial charge in [0.25, 0.3) is 0 Å². The molecule has 1 aromatic carbocycles. The number of hydrogen-bond acceptors (Lipinski definition) is 4. The molecule has 1 N–H and O–H groups in total. The normalized spacial score (nSPS) is 15.7. The second-order valence-corrected chi connectivity index (χ2v) is 7.10. The van der Waals surface area contributed by atoms with Gasteiger partial charge in [-0.05, 0) is 41.8 Å². The number of hydrogen-bond donors (Lipinski definition) is 1. The van der Waals surface area contributed by atoms with E-state index in [1.54, 1.807) is 18.2 Å². The topological polar surface area (TPSA) is 70.5 Å². The fourth-order valence-electron chi connectivity index (χ4n) is 2.43. The lowest BCUT2D eigenvalue weighted by Crippen LogP contribution is -2.36. The number of sulfonamides is 1. The van der Waals surface area contributed by atoms with E-state index in [1.807, 2.05) is 6.07 Å². The molecule has 2 heterocycles. The minimum absolute atomic E-state index is 0.00951. The molecular formula is C14H13ClN2O3S. The summed E-state index contributed by atoms with van der Waals surface area (Å²) >= 11 is 5.90. The van der Waals surface area contributed by atoms with E-state index in [2.05, 4.69) is 4.98 Å². The van der Waals surface area contributed by atoms with Crippen molar-refractivity contribution in [2.45, 2.75) is 17.9 Å². The number of aromatic hydroxyl groups is 1. The Kier molecular flexibility index (Phi) is 3.61. The third-order valence-corrected chi connectivity index (χ3v) is 5.80. The van der Waals surface area contributed by atoms with Crippen LogP contribution < -0.4 is 0 Å². The van der Waals surface area contributed by atoms with Crippen LogP contribution in [0.25, 0.3) is 0 Å². The summed E-state index contributed by atoms with van der Waals surface area (Å²) in [4.78, 5) is 3.83. The lowest BCUT2D eigenvalue weighted by atomic mass is 10.0. The van der Waals surface area contributed by atoms with E-state index in [0.717, 1.165) is 11.1 Å². The van der Waals surface area contributed by atoms with Gasteiger partial charge in [-0.2, -0.15) is 4.31 Å². The SMILES string of the molecule is O=S(=O)(c1cccnc1Cl)N1CCc2ccc(O)cc2C1. The molecule has 21 heavy (non-hydrogen) atoms. The summed E-state index contributed by atoms with van der Waals surface area (Å²) in [6.07, 6.45) is 2.05. The Morgan fingerprint density at radius 3 is 2.81 bits per heavy atom. The fraction of sp³-hybridized carbons (Fsp3) is 0.214. The third-order valence-electron chi connectivity index (χ3n) is 3.51. The molecule has 0 saturated heterocycles. The Labute approximate surface area is 127 Å². The van der Waals surface area contributed by atoms with Gasteiger partial charge in [0.05, 0.1) is 0 Å². The molecule has 0 fully saturated rings. The van der Waals surface area contributed by atoms with Crippen molar-refractivity contribution in [3.8, 4) is 5.75 Å². The Balaban J connectivity index is 1.97. The average Bonchev–Trinajstić information content (AvgIpc) is 2.46. The highest BCUT2D eigenvalue weighted by Crippen LogP contribution is 2.29. The van der Waals surface area contributed by atoms with Crippen LogP contribution in [-0.2, 0) is 23.0 Å². The molecule has 1 aliphatic heterocycles. The molecule has 0 aliphatic carbocycles. The molecule has 7 heteroatoms. The molecule has 0 atom stereocenters. The van der Waals surface area contributed by atoms with Gasteiger partial charge in [0.15, 0.2) is 0 Å². The van der Waals surface area contributed by atoms with Crippen molar-refractivity contribution in [2.24, 2.45) is 0 Å². The van der Waals surface area contributed by atoms with Gasteiger partial charge in [-0.25, -0.2) is 13.4 Å². The van der Waals surface area contributed by atoms with Gasteiger partial charge in [-0.1, -0.05) is 17.7 Å². The second kappa shape index (κ2) is 5.29. The van der Waals surface area contributed by atoms with Crippen LogP contribution in [0.4, 0.5) is 0 Å². The molecule has 3 rings (SSSR count). The molecule has 1 aliphatic rings. The summed E-state index contributed by atoms with van der Waals surface area (Å²) in [6, 6.07) is 8.03. The predicted octanol–water partition coefficient (Wildman–Crippen LogP) is 2.19.